The molecule has 3 aromatic carbocycles. The van der Waals surface area contributed by atoms with Crippen LogP contribution in [0, 0.1) is 39.3 Å². The Labute approximate surface area is 464 Å². The number of carbonyl (C=O) groups excluding carboxylic acids is 3. The van der Waals surface area contributed by atoms with Gasteiger partial charge in [-0.3, -0.25) is 0 Å². The molecule has 3 N–H and O–H groups in total. The van der Waals surface area contributed by atoms with Crippen molar-refractivity contribution in [2.45, 2.75) is 65.8 Å². The van der Waals surface area contributed by atoms with Crippen LogP contribution in [0.3, 0.4) is 0 Å². The van der Waals surface area contributed by atoms with E-state index in [0.717, 1.165) is 33.2 Å². The maximum Gasteiger partial charge on any atom is 0.410 e. The van der Waals surface area contributed by atoms with Crippen LogP contribution >= 0.6 is 0 Å². The predicted octanol–water partition coefficient (Wildman–Crippen LogP) is 9.52. The van der Waals surface area contributed by atoms with Gasteiger partial charge in [0.2, 0.25) is 0 Å². The number of benzene rings is 3. The summed E-state index contributed by atoms with van der Waals surface area (Å²) in [5, 5.41) is 0. The zero-order chi connectivity index (χ0) is 56.4. The van der Waals surface area contributed by atoms with Gasteiger partial charge in [-0.2, -0.15) is 0 Å². The van der Waals surface area contributed by atoms with Crippen LogP contribution in [0.15, 0.2) is 110 Å². The lowest BCUT2D eigenvalue weighted by Gasteiger charge is -2.31. The molecule has 6 aromatic heterocycles. The van der Waals surface area contributed by atoms with E-state index < -0.39 is 24.4 Å². The molecule has 0 aliphatic carbocycles. The zero-order valence-corrected chi connectivity index (χ0v) is 45.1. The molecule has 0 saturated carbocycles. The first-order chi connectivity index (χ1) is 39.3. The Balaban J connectivity index is 0.000000136. The second kappa shape index (κ2) is 25.5. The minimum atomic E-state index is -0.502. The van der Waals surface area contributed by atoms with Crippen molar-refractivity contribution in [3.8, 4) is 0 Å². The Morgan fingerprint density at radius 1 is 0.519 bits per heavy atom. The molecule has 0 bridgehead atoms. The number of aryl methyl sites for hydroxylation is 4. The number of imidazole rings is 3. The molecule has 9 aromatic rings. The smallest absolute Gasteiger partial charge is 0.410 e. The maximum atomic E-state index is 13.9. The van der Waals surface area contributed by atoms with Crippen LogP contribution in [0.4, 0.5) is 23.2 Å². The van der Waals surface area contributed by atoms with Gasteiger partial charge in [0.1, 0.15) is 67.2 Å². The van der Waals surface area contributed by atoms with Gasteiger partial charge in [-0.1, -0.05) is 42.5 Å². The molecule has 21 nitrogen and oxygen atoms in total. The largest absolute Gasteiger partial charge is 0.445 e. The minimum Gasteiger partial charge on any atom is -0.445 e. The number of carbonyl (C=O) groups is 3. The highest BCUT2D eigenvalue weighted by Crippen LogP contribution is 2.26. The Morgan fingerprint density at radius 2 is 0.988 bits per heavy atom. The van der Waals surface area contributed by atoms with E-state index in [0.29, 0.717) is 105 Å². The molecular formula is C58H60F2N12O9. The number of halogens is 2. The van der Waals surface area contributed by atoms with Crippen molar-refractivity contribution < 1.29 is 51.6 Å². The number of hydrogen-bond donors (Lipinski definition) is 3. The molecule has 3 atom stereocenters. The number of ether oxygens (including phenoxy) is 6. The van der Waals surface area contributed by atoms with E-state index >= 15 is 0 Å². The number of nitrogens with one attached hydrogen (secondary N) is 3. The summed E-state index contributed by atoms with van der Waals surface area (Å²) in [6.07, 6.45) is 2.60. The fourth-order valence-electron chi connectivity index (χ4n) is 9.19. The summed E-state index contributed by atoms with van der Waals surface area (Å²) in [4.78, 5) is 77.5. The summed E-state index contributed by atoms with van der Waals surface area (Å²) in [5.41, 5.74) is 10.0. The Bertz CT molecular complexity index is 3550. The zero-order valence-electron chi connectivity index (χ0n) is 45.1. The van der Waals surface area contributed by atoms with Gasteiger partial charge in [-0.05, 0) is 104 Å². The van der Waals surface area contributed by atoms with Crippen LogP contribution in [0.25, 0.3) is 33.5 Å². The van der Waals surface area contributed by atoms with Crippen LogP contribution in [0.2, 0.25) is 0 Å². The number of aromatic amines is 3. The maximum absolute atomic E-state index is 13.9. The molecule has 9 heterocycles. The van der Waals surface area contributed by atoms with Crippen molar-refractivity contribution in [3.63, 3.8) is 0 Å². The van der Waals surface area contributed by atoms with Crippen LogP contribution in [-0.4, -0.2) is 137 Å². The molecule has 0 unspecified atom stereocenters. The van der Waals surface area contributed by atoms with Crippen molar-refractivity contribution in [3.05, 3.63) is 178 Å². The number of morpholine rings is 3. The lowest BCUT2D eigenvalue weighted by Crippen LogP contribution is -2.42. The molecule has 3 amide bonds. The lowest BCUT2D eigenvalue weighted by molar-refractivity contribution is -0.0331. The number of fused-ring (bicyclic) bond motifs is 3. The predicted molar refractivity (Wildman–Crippen MR) is 291 cm³/mol. The first kappa shape index (κ1) is 55.4. The standard InChI is InChI=1S/C20H22N4O3.2C19H19FN4O3/c1-13-5-6-15(10-14(13)2)12-27-20(25)24-8-9-26-17(11-24)19-22-16-4-3-7-21-18(16)23-19;1-12-4-2-5-14(20)13(12)11-27-19(25)24-8-9-26-16(10-24)18-22-15-6-3-7-21-17(15)23-18;1-12-4-5-13(14(20)9-12)11-27-19(25)24-7-8-26-16(10-24)18-22-15-3-2-6-21-17(15)23-18/h3-7,10,17H,8-9,11-12H2,1-2H3,(H,21,22,23);2-7,16H,8-11H2,1H3,(H,21,22,23);2-6,9,16H,7-8,10-11H2,1H3,(H,21,22,23)/t17-;2*16-/m000/s1. The number of hydrogen-bond acceptors (Lipinski definition) is 15. The van der Waals surface area contributed by atoms with E-state index in [2.05, 4.69) is 58.7 Å². The first-order valence-corrected chi connectivity index (χ1v) is 26.4. The topological polar surface area (TPSA) is 241 Å². The summed E-state index contributed by atoms with van der Waals surface area (Å²) in [6, 6.07) is 26.8. The summed E-state index contributed by atoms with van der Waals surface area (Å²) in [5.74, 6) is 1.15. The molecule has 3 aliphatic heterocycles. The monoisotopic (exact) mass is 1110 g/mol. The highest BCUT2D eigenvalue weighted by Gasteiger charge is 2.32. The summed E-state index contributed by atoms with van der Waals surface area (Å²) in [6.45, 7) is 11.2. The molecule has 23 heteroatoms. The second-order valence-corrected chi connectivity index (χ2v) is 19.6. The molecule has 420 valence electrons. The molecule has 3 aliphatic rings. The number of H-pyrrole nitrogens is 3. The van der Waals surface area contributed by atoms with Crippen LogP contribution in [0.1, 0.15) is 74.7 Å². The van der Waals surface area contributed by atoms with Gasteiger partial charge in [0.05, 0.1) is 56.0 Å². The van der Waals surface area contributed by atoms with E-state index in [4.69, 9.17) is 28.4 Å². The third-order valence-corrected chi connectivity index (χ3v) is 13.9. The van der Waals surface area contributed by atoms with E-state index in [1.165, 1.54) is 23.3 Å². The number of aromatic nitrogens is 9. The third kappa shape index (κ3) is 13.7. The third-order valence-electron chi connectivity index (χ3n) is 13.9. The van der Waals surface area contributed by atoms with Gasteiger partial charge in [-0.25, -0.2) is 53.1 Å². The normalized spacial score (nSPS) is 17.3. The highest BCUT2D eigenvalue weighted by atomic mass is 19.1. The van der Waals surface area contributed by atoms with E-state index in [1.807, 2.05) is 54.6 Å². The Kier molecular flexibility index (Phi) is 17.4. The highest BCUT2D eigenvalue weighted by molar-refractivity contribution is 5.72. The number of amides is 3. The Morgan fingerprint density at radius 3 is 1.43 bits per heavy atom. The van der Waals surface area contributed by atoms with Gasteiger partial charge in [-0.15, -0.1) is 0 Å². The fourth-order valence-corrected chi connectivity index (χ4v) is 9.19. The van der Waals surface area contributed by atoms with Crippen molar-refractivity contribution in [2.24, 2.45) is 0 Å². The minimum absolute atomic E-state index is 0.103. The average Bonchev–Trinajstić information content (AvgIpc) is 4.27. The van der Waals surface area contributed by atoms with E-state index in [1.54, 1.807) is 71.4 Å². The first-order valence-electron chi connectivity index (χ1n) is 26.4. The van der Waals surface area contributed by atoms with Crippen LogP contribution in [-0.2, 0) is 48.2 Å². The SMILES string of the molecule is Cc1ccc(COC(=O)N2CCO[C@H](c3nc4ncccc4[nH]3)C2)c(F)c1.Cc1ccc(COC(=O)N2CCO[C@H](c3nc4ncccc4[nH]3)C2)cc1C.Cc1cccc(F)c1COC(=O)N1CCO[C@H](c2nc3ncccc3[nH]2)C1. The molecule has 12 rings (SSSR count). The second-order valence-electron chi connectivity index (χ2n) is 19.6. The van der Waals surface area contributed by atoms with Crippen molar-refractivity contribution in [1.82, 2.24) is 59.6 Å². The molecule has 0 spiro atoms. The van der Waals surface area contributed by atoms with Gasteiger partial charge < -0.3 is 58.1 Å². The van der Waals surface area contributed by atoms with Crippen LogP contribution < -0.4 is 0 Å². The average molecular weight is 1110 g/mol. The van der Waals surface area contributed by atoms with Gasteiger partial charge in [0.25, 0.3) is 0 Å². The van der Waals surface area contributed by atoms with Crippen molar-refractivity contribution >= 4 is 51.8 Å². The van der Waals surface area contributed by atoms with Gasteiger partial charge in [0.15, 0.2) is 16.9 Å². The molecule has 3 saturated heterocycles. The van der Waals surface area contributed by atoms with Gasteiger partial charge in [0, 0.05) is 49.4 Å². The summed E-state index contributed by atoms with van der Waals surface area (Å²) >= 11 is 0. The van der Waals surface area contributed by atoms with Crippen molar-refractivity contribution in [1.29, 1.82) is 0 Å². The lowest BCUT2D eigenvalue weighted by atomic mass is 10.1. The van der Waals surface area contributed by atoms with Crippen molar-refractivity contribution in [2.75, 3.05) is 59.1 Å². The summed E-state index contributed by atoms with van der Waals surface area (Å²) in [7, 11) is 0. The fraction of sp³-hybridized carbons (Fsp3) is 0.328. The molecule has 0 radical (unpaired) electrons. The number of nitrogens with zero attached hydrogens (tertiary/aromatic N) is 9. The number of rotatable bonds is 9. The molecule has 81 heavy (non-hydrogen) atoms. The van der Waals surface area contributed by atoms with Crippen LogP contribution in [0.5, 0.6) is 0 Å². The molecular weight excluding hydrogens is 1050 g/mol. The number of pyridine rings is 3. The van der Waals surface area contributed by atoms with Gasteiger partial charge >= 0.3 is 18.3 Å². The van der Waals surface area contributed by atoms with E-state index in [9.17, 15) is 23.2 Å². The summed E-state index contributed by atoms with van der Waals surface area (Å²) < 4.78 is 61.1. The molecule has 3 fully saturated rings. The quantitative estimate of drug-likeness (QED) is 0.114. The van der Waals surface area contributed by atoms with E-state index in [-0.39, 0.29) is 43.7 Å². The Hall–Kier alpha value is -8.93.